The minimum atomic E-state index is 0.227. The van der Waals surface area contributed by atoms with Gasteiger partial charge in [-0.15, -0.1) is 11.3 Å². The normalized spacial score (nSPS) is 10.4. The number of nitrogen functional groups attached to an aromatic ring is 1. The number of aromatic nitrogens is 3. The van der Waals surface area contributed by atoms with Crippen LogP contribution >= 0.6 is 23.1 Å². The average molecular weight is 254 g/mol. The van der Waals surface area contributed by atoms with Crippen LogP contribution < -0.4 is 10.5 Å². The molecule has 2 aromatic heterocycles. The number of rotatable bonds is 3. The molecule has 2 aromatic rings. The van der Waals surface area contributed by atoms with Crippen LogP contribution in [0.2, 0.25) is 0 Å². The standard InChI is InChI=1S/C9H10N4OS2/c1-14-5-3-4-16-6(5)7-11-8(10)13-9(12-7)15-2/h3-4H,1-2H3,(H2,10,11,12,13). The molecule has 0 spiro atoms. The predicted molar refractivity (Wildman–Crippen MR) is 65.9 cm³/mol. The number of nitrogens with zero attached hydrogens (tertiary/aromatic N) is 3. The molecule has 0 radical (unpaired) electrons. The van der Waals surface area contributed by atoms with E-state index in [0.29, 0.717) is 11.0 Å². The van der Waals surface area contributed by atoms with Gasteiger partial charge in [-0.05, 0) is 17.7 Å². The summed E-state index contributed by atoms with van der Waals surface area (Å²) in [4.78, 5) is 13.3. The molecule has 5 nitrogen and oxygen atoms in total. The third-order valence-corrected chi connectivity index (χ3v) is 3.31. The topological polar surface area (TPSA) is 73.9 Å². The highest BCUT2D eigenvalue weighted by atomic mass is 32.2. The van der Waals surface area contributed by atoms with E-state index in [0.717, 1.165) is 10.6 Å². The molecule has 2 N–H and O–H groups in total. The van der Waals surface area contributed by atoms with Gasteiger partial charge < -0.3 is 10.5 Å². The Morgan fingerprint density at radius 2 is 2.19 bits per heavy atom. The van der Waals surface area contributed by atoms with Crippen molar-refractivity contribution in [2.75, 3.05) is 19.1 Å². The lowest BCUT2D eigenvalue weighted by molar-refractivity contribution is 0.418. The van der Waals surface area contributed by atoms with E-state index in [4.69, 9.17) is 10.5 Å². The number of thioether (sulfide) groups is 1. The van der Waals surface area contributed by atoms with Gasteiger partial charge in [0.15, 0.2) is 11.0 Å². The molecule has 0 saturated carbocycles. The largest absolute Gasteiger partial charge is 0.495 e. The summed E-state index contributed by atoms with van der Waals surface area (Å²) in [5.41, 5.74) is 5.62. The molecule has 0 aromatic carbocycles. The molecule has 7 heteroatoms. The van der Waals surface area contributed by atoms with E-state index in [2.05, 4.69) is 15.0 Å². The Bertz CT molecular complexity index is 500. The van der Waals surface area contributed by atoms with Gasteiger partial charge in [0, 0.05) is 0 Å². The maximum atomic E-state index is 5.62. The Morgan fingerprint density at radius 1 is 1.38 bits per heavy atom. The highest BCUT2D eigenvalue weighted by molar-refractivity contribution is 7.98. The fourth-order valence-electron chi connectivity index (χ4n) is 1.19. The molecular weight excluding hydrogens is 244 g/mol. The van der Waals surface area contributed by atoms with Crippen LogP contribution in [0.1, 0.15) is 0 Å². The van der Waals surface area contributed by atoms with Gasteiger partial charge in [-0.2, -0.15) is 9.97 Å². The maximum Gasteiger partial charge on any atom is 0.224 e. The Morgan fingerprint density at radius 3 is 2.88 bits per heavy atom. The summed E-state index contributed by atoms with van der Waals surface area (Å²) in [6, 6.07) is 1.87. The predicted octanol–water partition coefficient (Wildman–Crippen LogP) is 1.91. The van der Waals surface area contributed by atoms with Crippen molar-refractivity contribution in [3.63, 3.8) is 0 Å². The molecule has 0 saturated heterocycles. The van der Waals surface area contributed by atoms with Gasteiger partial charge in [0.25, 0.3) is 0 Å². The summed E-state index contributed by atoms with van der Waals surface area (Å²) in [7, 11) is 1.62. The van der Waals surface area contributed by atoms with Gasteiger partial charge in [0.05, 0.1) is 7.11 Å². The van der Waals surface area contributed by atoms with E-state index >= 15 is 0 Å². The van der Waals surface area contributed by atoms with Crippen molar-refractivity contribution in [1.82, 2.24) is 15.0 Å². The summed E-state index contributed by atoms with van der Waals surface area (Å²) < 4.78 is 5.22. The van der Waals surface area contributed by atoms with Crippen molar-refractivity contribution in [1.29, 1.82) is 0 Å². The van der Waals surface area contributed by atoms with Gasteiger partial charge >= 0.3 is 0 Å². The van der Waals surface area contributed by atoms with Gasteiger partial charge in [-0.3, -0.25) is 0 Å². The monoisotopic (exact) mass is 254 g/mol. The molecule has 0 aliphatic heterocycles. The van der Waals surface area contributed by atoms with E-state index in [1.807, 2.05) is 17.7 Å². The Balaban J connectivity index is 2.51. The van der Waals surface area contributed by atoms with Crippen molar-refractivity contribution in [2.45, 2.75) is 5.16 Å². The van der Waals surface area contributed by atoms with Crippen molar-refractivity contribution in [3.05, 3.63) is 11.4 Å². The number of ether oxygens (including phenoxy) is 1. The molecule has 0 fully saturated rings. The Hall–Kier alpha value is -1.34. The molecule has 0 atom stereocenters. The van der Waals surface area contributed by atoms with Crippen LogP contribution in [-0.4, -0.2) is 28.3 Å². The van der Waals surface area contributed by atoms with Crippen molar-refractivity contribution in [2.24, 2.45) is 0 Å². The lowest BCUT2D eigenvalue weighted by Crippen LogP contribution is -2.01. The fourth-order valence-corrected chi connectivity index (χ4v) is 2.34. The van der Waals surface area contributed by atoms with E-state index < -0.39 is 0 Å². The zero-order valence-electron chi connectivity index (χ0n) is 8.80. The second-order valence-electron chi connectivity index (χ2n) is 2.82. The molecule has 0 aliphatic rings. The van der Waals surface area contributed by atoms with E-state index in [1.165, 1.54) is 23.1 Å². The molecule has 16 heavy (non-hydrogen) atoms. The molecule has 0 unspecified atom stereocenters. The van der Waals surface area contributed by atoms with Gasteiger partial charge in [0.1, 0.15) is 10.6 Å². The second kappa shape index (κ2) is 4.67. The molecule has 2 rings (SSSR count). The number of hydrogen-bond acceptors (Lipinski definition) is 7. The van der Waals surface area contributed by atoms with Crippen LogP contribution in [0, 0.1) is 0 Å². The highest BCUT2D eigenvalue weighted by Gasteiger charge is 2.12. The SMILES string of the molecule is COc1ccsc1-c1nc(N)nc(SC)n1. The van der Waals surface area contributed by atoms with Gasteiger partial charge in [-0.1, -0.05) is 11.8 Å². The first kappa shape index (κ1) is 11.2. The Labute approximate surface area is 101 Å². The lowest BCUT2D eigenvalue weighted by atomic mass is 10.4. The van der Waals surface area contributed by atoms with E-state index in [-0.39, 0.29) is 5.95 Å². The number of hydrogen-bond donors (Lipinski definition) is 1. The molecule has 2 heterocycles. The zero-order chi connectivity index (χ0) is 11.5. The zero-order valence-corrected chi connectivity index (χ0v) is 10.4. The summed E-state index contributed by atoms with van der Waals surface area (Å²) in [6.07, 6.45) is 1.89. The summed E-state index contributed by atoms with van der Waals surface area (Å²) in [5.74, 6) is 1.54. The van der Waals surface area contributed by atoms with Crippen LogP contribution in [-0.2, 0) is 0 Å². The summed E-state index contributed by atoms with van der Waals surface area (Å²) in [6.45, 7) is 0. The van der Waals surface area contributed by atoms with Gasteiger partial charge in [-0.25, -0.2) is 4.98 Å². The van der Waals surface area contributed by atoms with E-state index in [1.54, 1.807) is 7.11 Å². The first-order valence-electron chi connectivity index (χ1n) is 4.42. The molecule has 0 bridgehead atoms. The molecule has 0 aliphatic carbocycles. The van der Waals surface area contributed by atoms with E-state index in [9.17, 15) is 0 Å². The summed E-state index contributed by atoms with van der Waals surface area (Å²) >= 11 is 2.94. The third-order valence-electron chi connectivity index (χ3n) is 1.87. The quantitative estimate of drug-likeness (QED) is 0.843. The van der Waals surface area contributed by atoms with Crippen LogP contribution in [0.25, 0.3) is 10.7 Å². The average Bonchev–Trinajstić information content (AvgIpc) is 2.76. The summed E-state index contributed by atoms with van der Waals surface area (Å²) in [5, 5.41) is 2.53. The maximum absolute atomic E-state index is 5.62. The van der Waals surface area contributed by atoms with Crippen LogP contribution in [0.4, 0.5) is 5.95 Å². The van der Waals surface area contributed by atoms with Crippen molar-refractivity contribution < 1.29 is 4.74 Å². The highest BCUT2D eigenvalue weighted by Crippen LogP contribution is 2.33. The minimum absolute atomic E-state index is 0.227. The third kappa shape index (κ3) is 2.10. The first-order chi connectivity index (χ1) is 7.74. The van der Waals surface area contributed by atoms with Crippen LogP contribution in [0.3, 0.4) is 0 Å². The molecule has 0 amide bonds. The van der Waals surface area contributed by atoms with Crippen LogP contribution in [0.15, 0.2) is 16.6 Å². The van der Waals surface area contributed by atoms with Crippen LogP contribution in [0.5, 0.6) is 5.75 Å². The smallest absolute Gasteiger partial charge is 0.224 e. The van der Waals surface area contributed by atoms with Gasteiger partial charge in [0.2, 0.25) is 5.95 Å². The fraction of sp³-hybridized carbons (Fsp3) is 0.222. The van der Waals surface area contributed by atoms with Crippen molar-refractivity contribution in [3.8, 4) is 16.5 Å². The number of thiophene rings is 1. The molecule has 84 valence electrons. The minimum Gasteiger partial charge on any atom is -0.495 e. The lowest BCUT2D eigenvalue weighted by Gasteiger charge is -2.03. The number of nitrogens with two attached hydrogens (primary N) is 1. The molecular formula is C9H10N4OS2. The van der Waals surface area contributed by atoms with Crippen molar-refractivity contribution >= 4 is 29.0 Å². The Kier molecular flexibility index (Phi) is 3.25. The second-order valence-corrected chi connectivity index (χ2v) is 4.51. The first-order valence-corrected chi connectivity index (χ1v) is 6.52. The number of anilines is 1. The number of methoxy groups -OCH3 is 1.